The molecule has 4 fully saturated rings. The molecule has 0 bridgehead atoms. The number of fused-ring (bicyclic) bond motifs is 7. The van der Waals surface area contributed by atoms with Gasteiger partial charge in [-0.05, 0) is 73.8 Å². The minimum atomic E-state index is -2.04. The number of aliphatic hydroxyl groups excluding tert-OH is 3. The molecule has 0 spiro atoms. The Kier molecular flexibility index (Phi) is 6.92. The van der Waals surface area contributed by atoms with E-state index in [1.165, 1.54) is 12.2 Å². The van der Waals surface area contributed by atoms with Gasteiger partial charge in [0.1, 0.15) is 6.61 Å². The van der Waals surface area contributed by atoms with Crippen molar-refractivity contribution < 1.29 is 38.8 Å². The molecule has 0 unspecified atom stereocenters. The average molecular weight is 603 g/mol. The van der Waals surface area contributed by atoms with Gasteiger partial charge in [0.15, 0.2) is 29.1 Å². The quantitative estimate of drug-likeness (QED) is 0.448. The second kappa shape index (κ2) is 10.3. The van der Waals surface area contributed by atoms with E-state index in [2.05, 4.69) is 0 Å². The van der Waals surface area contributed by atoms with Crippen molar-refractivity contribution in [1.29, 1.82) is 0 Å². The van der Waals surface area contributed by atoms with Crippen LogP contribution in [0.3, 0.4) is 0 Å². The van der Waals surface area contributed by atoms with E-state index in [0.29, 0.717) is 31.3 Å². The number of carbonyl (C=O) groups excluding carboxylic acids is 2. The van der Waals surface area contributed by atoms with Gasteiger partial charge < -0.3 is 24.8 Å². The van der Waals surface area contributed by atoms with E-state index in [4.69, 9.17) is 9.47 Å². The molecule has 5 aliphatic rings. The highest BCUT2D eigenvalue weighted by atomic mass is 19.1. The number of ether oxygens (including phenoxy) is 2. The fourth-order valence-electron chi connectivity index (χ4n) is 9.64. The van der Waals surface area contributed by atoms with Gasteiger partial charge in [-0.1, -0.05) is 67.1 Å². The summed E-state index contributed by atoms with van der Waals surface area (Å²) in [6.07, 6.45) is 3.36. The number of benzene rings is 2. The van der Waals surface area contributed by atoms with Gasteiger partial charge in [0, 0.05) is 22.3 Å². The van der Waals surface area contributed by atoms with E-state index in [-0.39, 0.29) is 24.7 Å². The van der Waals surface area contributed by atoms with Gasteiger partial charge in [-0.25, -0.2) is 4.39 Å². The van der Waals surface area contributed by atoms with Crippen molar-refractivity contribution >= 4 is 11.6 Å². The van der Waals surface area contributed by atoms with Crippen LogP contribution in [0.5, 0.6) is 0 Å². The number of carbonyl (C=O) groups is 2. The van der Waals surface area contributed by atoms with Crippen LogP contribution in [-0.2, 0) is 32.1 Å². The number of allylic oxidation sites excluding steroid dienone is 4. The number of Topliss-reactive ketones (excluding diaryl/α,β-unsaturated/α-hetero) is 1. The van der Waals surface area contributed by atoms with Gasteiger partial charge in [-0.2, -0.15) is 0 Å². The lowest BCUT2D eigenvalue weighted by Crippen LogP contribution is -2.69. The van der Waals surface area contributed by atoms with E-state index in [9.17, 15) is 24.9 Å². The van der Waals surface area contributed by atoms with Gasteiger partial charge in [0.25, 0.3) is 0 Å². The summed E-state index contributed by atoms with van der Waals surface area (Å²) in [6, 6.07) is 15.5. The molecule has 4 aliphatic carbocycles. The van der Waals surface area contributed by atoms with Gasteiger partial charge in [0.2, 0.25) is 0 Å². The van der Waals surface area contributed by atoms with Crippen LogP contribution in [0.4, 0.5) is 4.39 Å². The molecular weight excluding hydrogens is 563 g/mol. The summed E-state index contributed by atoms with van der Waals surface area (Å²) in [5, 5.41) is 31.5. The van der Waals surface area contributed by atoms with Crippen molar-refractivity contribution in [2.24, 2.45) is 22.7 Å². The Morgan fingerprint density at radius 1 is 1.05 bits per heavy atom. The third-order valence-electron chi connectivity index (χ3n) is 11.7. The van der Waals surface area contributed by atoms with E-state index < -0.39 is 58.9 Å². The molecule has 8 heteroatoms. The van der Waals surface area contributed by atoms with E-state index in [1.807, 2.05) is 55.5 Å². The van der Waals surface area contributed by atoms with Gasteiger partial charge in [-0.3, -0.25) is 9.59 Å². The molecule has 232 valence electrons. The van der Waals surface area contributed by atoms with Crippen molar-refractivity contribution in [1.82, 2.24) is 0 Å². The van der Waals surface area contributed by atoms with Crippen LogP contribution < -0.4 is 0 Å². The third kappa shape index (κ3) is 3.91. The van der Waals surface area contributed by atoms with E-state index in [0.717, 1.165) is 22.3 Å². The predicted molar refractivity (Wildman–Crippen MR) is 159 cm³/mol. The number of hydrogen-bond donors (Lipinski definition) is 3. The zero-order valence-electron chi connectivity index (χ0n) is 25.0. The first kappa shape index (κ1) is 29.7. The van der Waals surface area contributed by atoms with Gasteiger partial charge in [-0.15, -0.1) is 0 Å². The molecule has 1 aliphatic heterocycles. The molecule has 1 saturated heterocycles. The lowest BCUT2D eigenvalue weighted by molar-refractivity contribution is -0.231. The molecule has 7 rings (SSSR count). The lowest BCUT2D eigenvalue weighted by Gasteiger charge is -2.62. The van der Waals surface area contributed by atoms with E-state index >= 15 is 4.39 Å². The Morgan fingerprint density at radius 2 is 1.77 bits per heavy atom. The molecule has 9 atom stereocenters. The Balaban J connectivity index is 1.22. The van der Waals surface area contributed by atoms with Crippen molar-refractivity contribution in [3.05, 3.63) is 94.6 Å². The minimum Gasteiger partial charge on any atom is -0.392 e. The fraction of sp³-hybridized carbons (Fsp3) is 0.500. The molecule has 3 saturated carbocycles. The summed E-state index contributed by atoms with van der Waals surface area (Å²) in [5.74, 6) is -1.65. The average Bonchev–Trinajstić information content (AvgIpc) is 3.51. The topological polar surface area (TPSA) is 113 Å². The highest BCUT2D eigenvalue weighted by molar-refractivity contribution is 6.01. The summed E-state index contributed by atoms with van der Waals surface area (Å²) in [7, 11) is 0. The van der Waals surface area contributed by atoms with Crippen LogP contribution in [0.2, 0.25) is 0 Å². The number of rotatable bonds is 6. The second-order valence-electron chi connectivity index (χ2n) is 13.8. The number of halogens is 1. The maximum Gasteiger partial charge on any atom is 0.193 e. The van der Waals surface area contributed by atoms with Crippen LogP contribution >= 0.6 is 0 Å². The summed E-state index contributed by atoms with van der Waals surface area (Å²) in [5.41, 5.74) is -1.43. The molecule has 2 aromatic rings. The Bertz CT molecular complexity index is 1580. The molecule has 0 amide bonds. The Hall–Kier alpha value is -3.01. The van der Waals surface area contributed by atoms with E-state index in [1.54, 1.807) is 13.0 Å². The first-order valence-corrected chi connectivity index (χ1v) is 15.6. The molecule has 7 nitrogen and oxygen atoms in total. The Labute approximate surface area is 256 Å². The fourth-order valence-corrected chi connectivity index (χ4v) is 9.64. The largest absolute Gasteiger partial charge is 0.392 e. The number of alkyl halides is 1. The second-order valence-corrected chi connectivity index (χ2v) is 13.8. The molecule has 2 aromatic carbocycles. The lowest BCUT2D eigenvalue weighted by atomic mass is 9.44. The van der Waals surface area contributed by atoms with Crippen molar-refractivity contribution in [3.63, 3.8) is 0 Å². The third-order valence-corrected chi connectivity index (χ3v) is 11.7. The number of ketones is 2. The standard InChI is InChI=1S/C36H39FO7/c1-33-12-11-26(40)16-25(33)9-10-27-28-17-31-36(30(42)20-39,34(28,2)18-29(41)35(27,33)37)44-32(43-31)24-8-4-6-22(15-24)13-21-5-3-7-23(14-21)19-38/h3-8,11-12,14-16,27-29,31-32,38-39,41H,9-10,13,17-20H2,1-2H3/t27-,28-,29-,31+,32+,33-,34-,35-,36+/m0/s1. The highest BCUT2D eigenvalue weighted by Gasteiger charge is 2.79. The normalized spacial score (nSPS) is 40.5. The smallest absolute Gasteiger partial charge is 0.193 e. The first-order valence-electron chi connectivity index (χ1n) is 15.6. The van der Waals surface area contributed by atoms with Crippen LogP contribution in [0, 0.1) is 22.7 Å². The monoisotopic (exact) mass is 602 g/mol. The zero-order valence-corrected chi connectivity index (χ0v) is 25.0. The van der Waals surface area contributed by atoms with Crippen molar-refractivity contribution in [3.8, 4) is 0 Å². The summed E-state index contributed by atoms with van der Waals surface area (Å²) >= 11 is 0. The summed E-state index contributed by atoms with van der Waals surface area (Å²) in [6.45, 7) is 2.86. The van der Waals surface area contributed by atoms with Crippen LogP contribution in [0.25, 0.3) is 0 Å². The molecule has 3 N–H and O–H groups in total. The SMILES string of the molecule is C[C@]12C=CC(=O)C=C1CC[C@H]1[C@@H]3C[C@H]4O[C@@H](c5cccc(Cc6cccc(CO)c6)c5)O[C@@]4(C(=O)CO)[C@@]3(C)C[C@H](O)[C@@]12F. The molecule has 0 radical (unpaired) electrons. The van der Waals surface area contributed by atoms with Crippen molar-refractivity contribution in [2.75, 3.05) is 6.61 Å². The highest BCUT2D eigenvalue weighted by Crippen LogP contribution is 2.72. The molecular formula is C36H39FO7. The van der Waals surface area contributed by atoms with Crippen LogP contribution in [0.15, 0.2) is 72.3 Å². The van der Waals surface area contributed by atoms with Gasteiger partial charge in [0.05, 0.1) is 18.8 Å². The first-order chi connectivity index (χ1) is 21.0. The van der Waals surface area contributed by atoms with Crippen LogP contribution in [0.1, 0.15) is 68.1 Å². The van der Waals surface area contributed by atoms with Crippen LogP contribution in [-0.4, -0.2) is 57.0 Å². The molecule has 0 aromatic heterocycles. The summed E-state index contributed by atoms with van der Waals surface area (Å²) < 4.78 is 30.8. The molecule has 44 heavy (non-hydrogen) atoms. The maximum atomic E-state index is 17.6. The summed E-state index contributed by atoms with van der Waals surface area (Å²) in [4.78, 5) is 25.9. The maximum absolute atomic E-state index is 17.6. The zero-order chi connectivity index (χ0) is 31.1. The number of hydrogen-bond acceptors (Lipinski definition) is 7. The Morgan fingerprint density at radius 3 is 2.52 bits per heavy atom. The minimum absolute atomic E-state index is 0.0354. The van der Waals surface area contributed by atoms with Gasteiger partial charge >= 0.3 is 0 Å². The number of aliphatic hydroxyl groups is 3. The predicted octanol–water partition coefficient (Wildman–Crippen LogP) is 4.46. The van der Waals surface area contributed by atoms with Crippen molar-refractivity contribution in [2.45, 2.75) is 82.3 Å². The molecule has 1 heterocycles.